The van der Waals surface area contributed by atoms with Gasteiger partial charge in [-0.1, -0.05) is 13.0 Å². The number of nitrogens with one attached hydrogen (secondary N) is 2. The van der Waals surface area contributed by atoms with Gasteiger partial charge in [-0.05, 0) is 18.1 Å². The topological polar surface area (TPSA) is 112 Å². The van der Waals surface area contributed by atoms with E-state index in [-0.39, 0.29) is 13.0 Å². The lowest BCUT2D eigenvalue weighted by Crippen LogP contribution is -2.37. The number of aromatic nitrogens is 1. The Bertz CT molecular complexity index is 465. The molecule has 0 saturated heterocycles. The summed E-state index contributed by atoms with van der Waals surface area (Å²) in [6.07, 6.45) is 0.999. The van der Waals surface area contributed by atoms with Gasteiger partial charge in [0.25, 0.3) is 0 Å². The van der Waals surface area contributed by atoms with E-state index in [1.807, 2.05) is 19.1 Å². The number of urea groups is 1. The van der Waals surface area contributed by atoms with Crippen LogP contribution in [0.1, 0.15) is 24.6 Å². The first-order valence-electron chi connectivity index (χ1n) is 6.40. The zero-order chi connectivity index (χ0) is 15.0. The molecule has 2 amide bonds. The van der Waals surface area contributed by atoms with Gasteiger partial charge in [-0.2, -0.15) is 0 Å². The molecular formula is C13H19N3O4. The number of aryl methyl sites for hydroxylation is 1. The van der Waals surface area contributed by atoms with Crippen molar-refractivity contribution in [1.29, 1.82) is 0 Å². The monoisotopic (exact) mass is 281 g/mol. The molecule has 0 aliphatic carbocycles. The summed E-state index contributed by atoms with van der Waals surface area (Å²) in [5.41, 5.74) is 1.87. The number of rotatable bonds is 7. The highest BCUT2D eigenvalue weighted by atomic mass is 16.4. The first kappa shape index (κ1) is 15.9. The maximum Gasteiger partial charge on any atom is 0.332 e. The number of hydrogen-bond donors (Lipinski definition) is 4. The molecular weight excluding hydrogens is 262 g/mol. The number of carbonyl (C=O) groups excluding carboxylic acids is 1. The van der Waals surface area contributed by atoms with Crippen molar-refractivity contribution in [2.45, 2.75) is 32.4 Å². The van der Waals surface area contributed by atoms with Crippen LogP contribution in [-0.2, 0) is 17.8 Å². The van der Waals surface area contributed by atoms with Gasteiger partial charge < -0.3 is 20.8 Å². The van der Waals surface area contributed by atoms with Gasteiger partial charge in [-0.15, -0.1) is 0 Å². The molecule has 1 aromatic heterocycles. The fourth-order valence-corrected chi connectivity index (χ4v) is 1.62. The van der Waals surface area contributed by atoms with Crippen molar-refractivity contribution in [3.8, 4) is 0 Å². The average molecular weight is 281 g/mol. The van der Waals surface area contributed by atoms with E-state index in [0.29, 0.717) is 6.54 Å². The van der Waals surface area contributed by atoms with Gasteiger partial charge in [-0.25, -0.2) is 9.59 Å². The molecule has 7 heteroatoms. The second kappa shape index (κ2) is 8.11. The zero-order valence-electron chi connectivity index (χ0n) is 11.3. The number of carbonyl (C=O) groups is 2. The highest BCUT2D eigenvalue weighted by Crippen LogP contribution is 2.05. The Labute approximate surface area is 117 Å². The second-order valence-electron chi connectivity index (χ2n) is 4.21. The fourth-order valence-electron chi connectivity index (χ4n) is 1.62. The quantitative estimate of drug-likeness (QED) is 0.573. The largest absolute Gasteiger partial charge is 0.479 e. The van der Waals surface area contributed by atoms with Gasteiger partial charge in [0.1, 0.15) is 0 Å². The summed E-state index contributed by atoms with van der Waals surface area (Å²) < 4.78 is 0. The lowest BCUT2D eigenvalue weighted by atomic mass is 10.1. The van der Waals surface area contributed by atoms with E-state index >= 15 is 0 Å². The van der Waals surface area contributed by atoms with Crippen LogP contribution in [0.5, 0.6) is 0 Å². The Balaban J connectivity index is 2.31. The maximum absolute atomic E-state index is 11.5. The summed E-state index contributed by atoms with van der Waals surface area (Å²) in [4.78, 5) is 26.1. The number of nitrogens with zero attached hydrogens (tertiary/aromatic N) is 1. The molecule has 0 aliphatic rings. The molecule has 0 fully saturated rings. The van der Waals surface area contributed by atoms with Crippen LogP contribution in [0.25, 0.3) is 0 Å². The highest BCUT2D eigenvalue weighted by Gasteiger charge is 2.12. The van der Waals surface area contributed by atoms with Gasteiger partial charge in [0.15, 0.2) is 6.10 Å². The number of aliphatic hydroxyl groups is 1. The van der Waals surface area contributed by atoms with E-state index in [1.165, 1.54) is 0 Å². The Kier molecular flexibility index (Phi) is 6.45. The molecule has 7 nitrogen and oxygen atoms in total. The van der Waals surface area contributed by atoms with E-state index in [0.717, 1.165) is 17.7 Å². The Morgan fingerprint density at radius 3 is 2.80 bits per heavy atom. The Morgan fingerprint density at radius 1 is 1.40 bits per heavy atom. The van der Waals surface area contributed by atoms with Gasteiger partial charge in [0.05, 0.1) is 12.2 Å². The summed E-state index contributed by atoms with van der Waals surface area (Å²) in [6.45, 7) is 2.40. The van der Waals surface area contributed by atoms with Crippen LogP contribution in [0.4, 0.5) is 4.79 Å². The third-order valence-corrected chi connectivity index (χ3v) is 2.77. The van der Waals surface area contributed by atoms with Gasteiger partial charge in [0.2, 0.25) is 0 Å². The van der Waals surface area contributed by atoms with Crippen LogP contribution in [0.3, 0.4) is 0 Å². The number of aliphatic carboxylic acids is 1. The standard InChI is InChI=1S/C13H19N3O4/c1-2-9-4-3-6-14-10(9)8-16-13(20)15-7-5-11(17)12(18)19/h3-4,6,11,17H,2,5,7-8H2,1H3,(H,18,19)(H2,15,16,20)/t11-/m0/s1. The molecule has 1 rings (SSSR count). The van der Waals surface area contributed by atoms with Crippen LogP contribution in [-0.4, -0.2) is 39.8 Å². The van der Waals surface area contributed by atoms with Crippen LogP contribution in [0, 0.1) is 0 Å². The normalized spacial score (nSPS) is 11.7. The number of carboxylic acids is 1. The summed E-state index contributed by atoms with van der Waals surface area (Å²) in [5.74, 6) is -1.30. The Morgan fingerprint density at radius 2 is 2.15 bits per heavy atom. The lowest BCUT2D eigenvalue weighted by molar-refractivity contribution is -0.146. The van der Waals surface area contributed by atoms with E-state index in [4.69, 9.17) is 10.2 Å². The predicted octanol–water partition coefficient (Wildman–Crippen LogP) is 0.279. The molecule has 1 heterocycles. The van der Waals surface area contributed by atoms with Gasteiger partial charge in [-0.3, -0.25) is 4.98 Å². The first-order chi connectivity index (χ1) is 9.54. The maximum atomic E-state index is 11.5. The van der Waals surface area contributed by atoms with Crippen molar-refractivity contribution in [2.75, 3.05) is 6.54 Å². The molecule has 110 valence electrons. The molecule has 1 atom stereocenters. The summed E-state index contributed by atoms with van der Waals surface area (Å²) in [6, 6.07) is 3.37. The molecule has 20 heavy (non-hydrogen) atoms. The number of hydrogen-bond acceptors (Lipinski definition) is 4. The number of pyridine rings is 1. The van der Waals surface area contributed by atoms with Crippen molar-refractivity contribution in [3.05, 3.63) is 29.6 Å². The second-order valence-corrected chi connectivity index (χ2v) is 4.21. The number of amides is 2. The zero-order valence-corrected chi connectivity index (χ0v) is 11.3. The van der Waals surface area contributed by atoms with Crippen molar-refractivity contribution < 1.29 is 19.8 Å². The minimum Gasteiger partial charge on any atom is -0.479 e. The van der Waals surface area contributed by atoms with Gasteiger partial charge in [0, 0.05) is 19.2 Å². The summed E-state index contributed by atoms with van der Waals surface area (Å²) >= 11 is 0. The average Bonchev–Trinajstić information content (AvgIpc) is 2.45. The molecule has 0 aliphatic heterocycles. The summed E-state index contributed by atoms with van der Waals surface area (Å²) in [5, 5.41) is 22.6. The van der Waals surface area contributed by atoms with Crippen molar-refractivity contribution in [1.82, 2.24) is 15.6 Å². The molecule has 0 radical (unpaired) electrons. The van der Waals surface area contributed by atoms with Crippen LogP contribution >= 0.6 is 0 Å². The van der Waals surface area contributed by atoms with Crippen molar-refractivity contribution >= 4 is 12.0 Å². The molecule has 0 unspecified atom stereocenters. The number of carboxylic acid groups (broad SMARTS) is 1. The molecule has 0 spiro atoms. The lowest BCUT2D eigenvalue weighted by Gasteiger charge is -2.10. The van der Waals surface area contributed by atoms with Crippen LogP contribution in [0.2, 0.25) is 0 Å². The van der Waals surface area contributed by atoms with E-state index < -0.39 is 18.1 Å². The third-order valence-electron chi connectivity index (χ3n) is 2.77. The van der Waals surface area contributed by atoms with Crippen molar-refractivity contribution in [2.24, 2.45) is 0 Å². The van der Waals surface area contributed by atoms with E-state index in [9.17, 15) is 9.59 Å². The molecule has 0 bridgehead atoms. The number of aliphatic hydroxyl groups excluding tert-OH is 1. The van der Waals surface area contributed by atoms with Gasteiger partial charge >= 0.3 is 12.0 Å². The smallest absolute Gasteiger partial charge is 0.332 e. The molecule has 0 saturated carbocycles. The third kappa shape index (κ3) is 5.23. The Hall–Kier alpha value is -2.15. The van der Waals surface area contributed by atoms with Crippen LogP contribution in [0.15, 0.2) is 18.3 Å². The fraction of sp³-hybridized carbons (Fsp3) is 0.462. The highest BCUT2D eigenvalue weighted by molar-refractivity contribution is 5.74. The first-order valence-corrected chi connectivity index (χ1v) is 6.40. The van der Waals surface area contributed by atoms with Crippen LogP contribution < -0.4 is 10.6 Å². The van der Waals surface area contributed by atoms with E-state index in [1.54, 1.807) is 6.20 Å². The molecule has 1 aromatic rings. The van der Waals surface area contributed by atoms with E-state index in [2.05, 4.69) is 15.6 Å². The molecule has 4 N–H and O–H groups in total. The summed E-state index contributed by atoms with van der Waals surface area (Å²) in [7, 11) is 0. The minimum absolute atomic E-state index is 0.0352. The predicted molar refractivity (Wildman–Crippen MR) is 72.1 cm³/mol. The minimum atomic E-state index is -1.46. The molecule has 0 aromatic carbocycles. The van der Waals surface area contributed by atoms with Crippen molar-refractivity contribution in [3.63, 3.8) is 0 Å². The SMILES string of the molecule is CCc1cccnc1CNC(=O)NCC[C@H](O)C(=O)O.